The van der Waals surface area contributed by atoms with Gasteiger partial charge in [-0.15, -0.1) is 0 Å². The second kappa shape index (κ2) is 6.81. The van der Waals surface area contributed by atoms with Gasteiger partial charge in [-0.05, 0) is 43.5 Å². The van der Waals surface area contributed by atoms with Crippen molar-refractivity contribution in [1.29, 1.82) is 0 Å². The number of hydrogen-bond donors (Lipinski definition) is 1. The summed E-state index contributed by atoms with van der Waals surface area (Å²) in [5, 5.41) is 3.18. The first-order valence-electron chi connectivity index (χ1n) is 7.04. The fourth-order valence-corrected chi connectivity index (χ4v) is 4.22. The Kier molecular flexibility index (Phi) is 5.26. The number of carbonyl (C=O) groups is 1. The monoisotopic (exact) mass is 342 g/mol. The topological polar surface area (TPSA) is 66.5 Å². The van der Waals surface area contributed by atoms with Crippen molar-refractivity contribution < 1.29 is 13.2 Å². The molecule has 0 aliphatic carbocycles. The van der Waals surface area contributed by atoms with Crippen LogP contribution in [0.4, 0.5) is 0 Å². The standard InChI is InChI=1S/C15H19ClN2O3S/c1-3-15(19)17-12-5-4-8-18(10-12)22(20,21)13-7-6-11(2)14(16)9-13/h3,6-7,9,12H,1,4-5,8,10H2,2H3,(H,17,19)/t12-/m0/s1. The van der Waals surface area contributed by atoms with Gasteiger partial charge in [0.1, 0.15) is 0 Å². The Morgan fingerprint density at radius 2 is 2.23 bits per heavy atom. The first-order valence-corrected chi connectivity index (χ1v) is 8.85. The van der Waals surface area contributed by atoms with E-state index in [2.05, 4.69) is 11.9 Å². The second-order valence-corrected chi connectivity index (χ2v) is 7.67. The molecule has 1 fully saturated rings. The average molecular weight is 343 g/mol. The zero-order valence-electron chi connectivity index (χ0n) is 12.4. The molecule has 22 heavy (non-hydrogen) atoms. The van der Waals surface area contributed by atoms with Crippen molar-refractivity contribution in [1.82, 2.24) is 9.62 Å². The zero-order chi connectivity index (χ0) is 16.3. The number of halogens is 1. The van der Waals surface area contributed by atoms with E-state index in [9.17, 15) is 13.2 Å². The maximum atomic E-state index is 12.7. The van der Waals surface area contributed by atoms with Crippen LogP contribution in [0, 0.1) is 6.92 Å². The van der Waals surface area contributed by atoms with Gasteiger partial charge < -0.3 is 5.32 Å². The van der Waals surface area contributed by atoms with E-state index in [-0.39, 0.29) is 23.4 Å². The Hall–Kier alpha value is -1.37. The highest BCUT2D eigenvalue weighted by Crippen LogP contribution is 2.25. The van der Waals surface area contributed by atoms with Gasteiger partial charge in [-0.3, -0.25) is 4.79 Å². The largest absolute Gasteiger partial charge is 0.349 e. The molecular weight excluding hydrogens is 324 g/mol. The van der Waals surface area contributed by atoms with E-state index in [1.807, 2.05) is 6.92 Å². The fraction of sp³-hybridized carbons (Fsp3) is 0.400. The van der Waals surface area contributed by atoms with E-state index >= 15 is 0 Å². The van der Waals surface area contributed by atoms with E-state index in [0.29, 0.717) is 18.0 Å². The number of aryl methyl sites for hydroxylation is 1. The molecule has 2 rings (SSSR count). The molecule has 7 heteroatoms. The van der Waals surface area contributed by atoms with Crippen LogP contribution in [0.2, 0.25) is 5.02 Å². The molecule has 120 valence electrons. The van der Waals surface area contributed by atoms with Gasteiger partial charge in [0.05, 0.1) is 4.90 Å². The van der Waals surface area contributed by atoms with Crippen LogP contribution in [-0.4, -0.2) is 37.8 Å². The van der Waals surface area contributed by atoms with Crippen molar-refractivity contribution in [2.24, 2.45) is 0 Å². The van der Waals surface area contributed by atoms with Crippen LogP contribution < -0.4 is 5.32 Å². The van der Waals surface area contributed by atoms with E-state index in [1.54, 1.807) is 12.1 Å². The van der Waals surface area contributed by atoms with E-state index < -0.39 is 10.0 Å². The second-order valence-electron chi connectivity index (χ2n) is 5.33. The number of amides is 1. The summed E-state index contributed by atoms with van der Waals surface area (Å²) in [6, 6.07) is 4.52. The Morgan fingerprint density at radius 3 is 2.86 bits per heavy atom. The molecule has 1 heterocycles. The van der Waals surface area contributed by atoms with Crippen LogP contribution in [0.5, 0.6) is 0 Å². The predicted octanol–water partition coefficient (Wildman–Crippen LogP) is 2.10. The van der Waals surface area contributed by atoms with Crippen molar-refractivity contribution in [2.75, 3.05) is 13.1 Å². The predicted molar refractivity (Wildman–Crippen MR) is 86.3 cm³/mol. The summed E-state index contributed by atoms with van der Waals surface area (Å²) in [4.78, 5) is 11.6. The number of rotatable bonds is 4. The molecule has 1 aromatic carbocycles. The normalized spacial score (nSPS) is 19.6. The summed E-state index contributed by atoms with van der Waals surface area (Å²) >= 11 is 6.02. The molecule has 1 atom stereocenters. The molecule has 0 unspecified atom stereocenters. The molecule has 0 aromatic heterocycles. The lowest BCUT2D eigenvalue weighted by molar-refractivity contribution is -0.117. The number of nitrogens with zero attached hydrogens (tertiary/aromatic N) is 1. The fourth-order valence-electron chi connectivity index (χ4n) is 2.42. The van der Waals surface area contributed by atoms with Crippen molar-refractivity contribution in [2.45, 2.75) is 30.7 Å². The van der Waals surface area contributed by atoms with Crippen molar-refractivity contribution in [3.63, 3.8) is 0 Å². The maximum Gasteiger partial charge on any atom is 0.243 e. The number of hydrogen-bond acceptors (Lipinski definition) is 3. The number of benzene rings is 1. The molecular formula is C15H19ClN2O3S. The van der Waals surface area contributed by atoms with Crippen LogP contribution in [0.1, 0.15) is 18.4 Å². The summed E-state index contributed by atoms with van der Waals surface area (Å²) in [7, 11) is -3.60. The summed E-state index contributed by atoms with van der Waals surface area (Å²) in [6.45, 7) is 5.92. The third-order valence-corrected chi connectivity index (χ3v) is 5.97. The smallest absolute Gasteiger partial charge is 0.243 e. The van der Waals surface area contributed by atoms with Crippen molar-refractivity contribution >= 4 is 27.5 Å². The summed E-state index contributed by atoms with van der Waals surface area (Å²) in [5.74, 6) is -0.289. The molecule has 1 amide bonds. The number of sulfonamides is 1. The SMILES string of the molecule is C=CC(=O)N[C@H]1CCCN(S(=O)(=O)c2ccc(C)c(Cl)c2)C1. The maximum absolute atomic E-state index is 12.7. The Bertz CT molecular complexity index is 688. The first kappa shape index (κ1) is 17.0. The molecule has 1 saturated heterocycles. The van der Waals surface area contributed by atoms with Crippen LogP contribution in [0.25, 0.3) is 0 Å². The highest BCUT2D eigenvalue weighted by Gasteiger charge is 2.30. The van der Waals surface area contributed by atoms with Crippen LogP contribution in [0.3, 0.4) is 0 Å². The lowest BCUT2D eigenvalue weighted by Crippen LogP contribution is -2.49. The molecule has 0 radical (unpaired) electrons. The molecule has 0 saturated carbocycles. The van der Waals surface area contributed by atoms with Crippen molar-refractivity contribution in [3.8, 4) is 0 Å². The lowest BCUT2D eigenvalue weighted by atomic mass is 10.1. The third-order valence-electron chi connectivity index (χ3n) is 3.70. The first-order chi connectivity index (χ1) is 10.3. The Labute approximate surface area is 136 Å². The van der Waals surface area contributed by atoms with E-state index in [4.69, 9.17) is 11.6 Å². The molecule has 0 spiro atoms. The summed E-state index contributed by atoms with van der Waals surface area (Å²) in [6.07, 6.45) is 2.63. The Balaban J connectivity index is 2.19. The molecule has 1 aliphatic heterocycles. The Morgan fingerprint density at radius 1 is 1.50 bits per heavy atom. The zero-order valence-corrected chi connectivity index (χ0v) is 14.0. The van der Waals surface area contributed by atoms with Crippen LogP contribution >= 0.6 is 11.6 Å². The minimum Gasteiger partial charge on any atom is -0.349 e. The van der Waals surface area contributed by atoms with E-state index in [1.165, 1.54) is 16.4 Å². The molecule has 0 bridgehead atoms. The minimum absolute atomic E-state index is 0.179. The quantitative estimate of drug-likeness (QED) is 0.852. The third kappa shape index (κ3) is 3.69. The molecule has 1 aliphatic rings. The van der Waals surface area contributed by atoms with Gasteiger partial charge in [-0.25, -0.2) is 8.42 Å². The number of piperidine rings is 1. The summed E-state index contributed by atoms with van der Waals surface area (Å²) < 4.78 is 26.8. The highest BCUT2D eigenvalue weighted by molar-refractivity contribution is 7.89. The lowest BCUT2D eigenvalue weighted by Gasteiger charge is -2.32. The molecule has 1 aromatic rings. The van der Waals surface area contributed by atoms with Gasteiger partial charge >= 0.3 is 0 Å². The van der Waals surface area contributed by atoms with Crippen LogP contribution in [0.15, 0.2) is 35.7 Å². The van der Waals surface area contributed by atoms with Gasteiger partial charge in [0.2, 0.25) is 15.9 Å². The van der Waals surface area contributed by atoms with Gasteiger partial charge in [0.25, 0.3) is 0 Å². The average Bonchev–Trinajstić information content (AvgIpc) is 2.50. The van der Waals surface area contributed by atoms with Gasteiger partial charge in [-0.1, -0.05) is 24.2 Å². The van der Waals surface area contributed by atoms with Gasteiger partial charge in [-0.2, -0.15) is 4.31 Å². The highest BCUT2D eigenvalue weighted by atomic mass is 35.5. The summed E-state index contributed by atoms with van der Waals surface area (Å²) in [5.41, 5.74) is 0.829. The van der Waals surface area contributed by atoms with E-state index in [0.717, 1.165) is 12.0 Å². The van der Waals surface area contributed by atoms with Gasteiger partial charge in [0.15, 0.2) is 0 Å². The van der Waals surface area contributed by atoms with Crippen LogP contribution in [-0.2, 0) is 14.8 Å². The molecule has 5 nitrogen and oxygen atoms in total. The minimum atomic E-state index is -3.60. The number of nitrogens with one attached hydrogen (secondary N) is 1. The molecule has 1 N–H and O–H groups in total. The number of carbonyl (C=O) groups excluding carboxylic acids is 1. The van der Waals surface area contributed by atoms with Crippen molar-refractivity contribution in [3.05, 3.63) is 41.4 Å². The van der Waals surface area contributed by atoms with Gasteiger partial charge in [0, 0.05) is 24.2 Å².